The molecule has 32 heavy (non-hydrogen) atoms. The highest BCUT2D eigenvalue weighted by molar-refractivity contribution is 6.28. The summed E-state index contributed by atoms with van der Waals surface area (Å²) in [7, 11) is 0. The molecule has 1 aromatic heterocycles. The van der Waals surface area contributed by atoms with E-state index in [1.54, 1.807) is 18.3 Å². The molecule has 7 heteroatoms. The Morgan fingerprint density at radius 2 is 1.84 bits per heavy atom. The molecule has 2 rings (SSSR count). The van der Waals surface area contributed by atoms with Crippen LogP contribution in [-0.4, -0.2) is 28.0 Å². The number of hydrogen-bond acceptors (Lipinski definition) is 4. The number of H-pyrrole nitrogens is 1. The fourth-order valence-corrected chi connectivity index (χ4v) is 3.58. The smallest absolute Gasteiger partial charge is 0.202 e. The number of nitrogens with one attached hydrogen (secondary N) is 3. The molecule has 0 radical (unpaired) electrons. The van der Waals surface area contributed by atoms with E-state index < -0.39 is 0 Å². The zero-order valence-electron chi connectivity index (χ0n) is 19.0. The Bertz CT molecular complexity index is 875. The number of rotatable bonds is 16. The molecule has 0 atom stereocenters. The highest BCUT2D eigenvalue weighted by Gasteiger charge is 2.17. The molecular formula is C25H35ClFN5. The van der Waals surface area contributed by atoms with Crippen molar-refractivity contribution in [3.05, 3.63) is 78.3 Å². The van der Waals surface area contributed by atoms with Gasteiger partial charge in [-0.1, -0.05) is 51.6 Å². The van der Waals surface area contributed by atoms with E-state index in [1.165, 1.54) is 25.0 Å². The van der Waals surface area contributed by atoms with Crippen LogP contribution in [0.15, 0.2) is 55.9 Å². The molecule has 3 N–H and O–H groups in total. The van der Waals surface area contributed by atoms with Crippen molar-refractivity contribution in [1.29, 1.82) is 0 Å². The van der Waals surface area contributed by atoms with E-state index in [9.17, 15) is 4.39 Å². The summed E-state index contributed by atoms with van der Waals surface area (Å²) in [4.78, 5) is 9.66. The number of anilines is 1. The van der Waals surface area contributed by atoms with Gasteiger partial charge in [0.2, 0.25) is 5.28 Å². The van der Waals surface area contributed by atoms with Crippen LogP contribution in [0.3, 0.4) is 0 Å². The number of hydrogen-bond donors (Lipinski definition) is 3. The number of benzene rings is 1. The van der Waals surface area contributed by atoms with Crippen molar-refractivity contribution in [1.82, 2.24) is 20.2 Å². The molecule has 5 nitrogen and oxygen atoms in total. The van der Waals surface area contributed by atoms with Gasteiger partial charge in [0.05, 0.1) is 5.70 Å². The lowest BCUT2D eigenvalue weighted by Crippen LogP contribution is -2.25. The van der Waals surface area contributed by atoms with E-state index in [0.717, 1.165) is 61.4 Å². The number of halogens is 2. The van der Waals surface area contributed by atoms with Crippen molar-refractivity contribution in [2.24, 2.45) is 0 Å². The van der Waals surface area contributed by atoms with Crippen LogP contribution in [0, 0.1) is 5.82 Å². The van der Waals surface area contributed by atoms with Gasteiger partial charge in [-0.2, -0.15) is 4.98 Å². The molecule has 1 heterocycles. The average molecular weight is 460 g/mol. The lowest BCUT2D eigenvalue weighted by molar-refractivity contribution is 0.372. The summed E-state index contributed by atoms with van der Waals surface area (Å²) < 4.78 is 13.0. The second-order valence-electron chi connectivity index (χ2n) is 7.78. The minimum absolute atomic E-state index is 0.220. The molecule has 2 aromatic rings. The molecule has 0 aliphatic rings. The molecule has 0 aliphatic heterocycles. The Labute approximate surface area is 196 Å². The van der Waals surface area contributed by atoms with Crippen molar-refractivity contribution in [3.8, 4) is 0 Å². The van der Waals surface area contributed by atoms with Crippen LogP contribution in [0.1, 0.15) is 56.7 Å². The second kappa shape index (κ2) is 13.6. The monoisotopic (exact) mass is 459 g/mol. The SMILES string of the molecule is C=CNc1nc(Cl)[nH]c1C(=C)N(CCCCC)CCCCC(=C)NCc1ccc(F)cc1. The first-order valence-electron chi connectivity index (χ1n) is 11.2. The van der Waals surface area contributed by atoms with Gasteiger partial charge < -0.3 is 20.5 Å². The standard InChI is InChI=1S/C25H35ClFN5/c1-5-7-9-16-32(20(4)23-24(28-6-2)31-25(26)30-23)17-10-8-11-19(3)29-18-21-12-14-22(27)15-13-21/h6,12-15,28-29H,2-5,7-11,16-18H2,1H3,(H,30,31). The largest absolute Gasteiger partial charge is 0.385 e. The molecule has 0 saturated heterocycles. The number of unbranched alkanes of at least 4 members (excludes halogenated alkanes) is 3. The van der Waals surface area contributed by atoms with E-state index in [-0.39, 0.29) is 5.82 Å². The summed E-state index contributed by atoms with van der Waals surface area (Å²) in [6, 6.07) is 6.52. The first-order chi connectivity index (χ1) is 15.4. The maximum absolute atomic E-state index is 13.0. The molecule has 0 amide bonds. The fraction of sp³-hybridized carbons (Fsp3) is 0.400. The molecular weight excluding hydrogens is 425 g/mol. The molecule has 174 valence electrons. The average Bonchev–Trinajstić information content (AvgIpc) is 3.15. The molecule has 0 bridgehead atoms. The zero-order valence-corrected chi connectivity index (χ0v) is 19.8. The van der Waals surface area contributed by atoms with Gasteiger partial charge in [0, 0.05) is 25.3 Å². The van der Waals surface area contributed by atoms with Gasteiger partial charge in [-0.25, -0.2) is 4.39 Å². The highest BCUT2D eigenvalue weighted by atomic mass is 35.5. The highest BCUT2D eigenvalue weighted by Crippen LogP contribution is 2.26. The number of aromatic nitrogens is 2. The lowest BCUT2D eigenvalue weighted by atomic mass is 10.1. The van der Waals surface area contributed by atoms with Gasteiger partial charge in [0.15, 0.2) is 5.82 Å². The van der Waals surface area contributed by atoms with Crippen LogP contribution in [0.25, 0.3) is 5.70 Å². The maximum Gasteiger partial charge on any atom is 0.202 e. The van der Waals surface area contributed by atoms with Crippen molar-refractivity contribution >= 4 is 23.1 Å². The number of nitrogens with zero attached hydrogens (tertiary/aromatic N) is 2. The third-order valence-electron chi connectivity index (χ3n) is 5.23. The van der Waals surface area contributed by atoms with Gasteiger partial charge in [0.25, 0.3) is 0 Å². The number of allylic oxidation sites excluding steroid dienone is 1. The molecule has 0 fully saturated rings. The van der Waals surface area contributed by atoms with Gasteiger partial charge in [0.1, 0.15) is 11.5 Å². The number of imidazole rings is 1. The Kier molecular flexibility index (Phi) is 10.9. The Morgan fingerprint density at radius 1 is 1.16 bits per heavy atom. The van der Waals surface area contributed by atoms with Crippen LogP contribution < -0.4 is 10.6 Å². The summed E-state index contributed by atoms with van der Waals surface area (Å²) in [6.07, 6.45) is 7.93. The second-order valence-corrected chi connectivity index (χ2v) is 8.14. The Morgan fingerprint density at radius 3 is 2.50 bits per heavy atom. The van der Waals surface area contributed by atoms with E-state index in [2.05, 4.69) is 52.2 Å². The van der Waals surface area contributed by atoms with Crippen molar-refractivity contribution < 1.29 is 4.39 Å². The molecule has 0 aliphatic carbocycles. The van der Waals surface area contributed by atoms with E-state index >= 15 is 0 Å². The minimum Gasteiger partial charge on any atom is -0.385 e. The first-order valence-corrected chi connectivity index (χ1v) is 11.6. The quantitative estimate of drug-likeness (QED) is 0.244. The van der Waals surface area contributed by atoms with Crippen LogP contribution >= 0.6 is 11.6 Å². The van der Waals surface area contributed by atoms with Gasteiger partial charge >= 0.3 is 0 Å². The summed E-state index contributed by atoms with van der Waals surface area (Å²) in [5, 5.41) is 6.67. The van der Waals surface area contributed by atoms with Crippen LogP contribution in [0.5, 0.6) is 0 Å². The van der Waals surface area contributed by atoms with Gasteiger partial charge in [-0.3, -0.25) is 0 Å². The number of aromatic amines is 1. The van der Waals surface area contributed by atoms with Gasteiger partial charge in [-0.05, 0) is 61.2 Å². The third kappa shape index (κ3) is 8.42. The normalized spacial score (nSPS) is 10.6. The van der Waals surface area contributed by atoms with E-state index in [4.69, 9.17) is 11.6 Å². The van der Waals surface area contributed by atoms with Crippen LogP contribution in [0.2, 0.25) is 5.28 Å². The third-order valence-corrected chi connectivity index (χ3v) is 5.41. The summed E-state index contributed by atoms with van der Waals surface area (Å²) in [5.41, 5.74) is 3.69. The van der Waals surface area contributed by atoms with Gasteiger partial charge in [-0.15, -0.1) is 0 Å². The van der Waals surface area contributed by atoms with Crippen molar-refractivity contribution in [2.45, 2.75) is 52.0 Å². The molecule has 1 aromatic carbocycles. The van der Waals surface area contributed by atoms with Crippen molar-refractivity contribution in [2.75, 3.05) is 18.4 Å². The first kappa shape index (κ1) is 25.5. The zero-order chi connectivity index (χ0) is 23.3. The molecule has 0 spiro atoms. The van der Waals surface area contributed by atoms with Crippen LogP contribution in [-0.2, 0) is 6.54 Å². The predicted molar refractivity (Wildman–Crippen MR) is 134 cm³/mol. The predicted octanol–water partition coefficient (Wildman–Crippen LogP) is 6.69. The summed E-state index contributed by atoms with van der Waals surface area (Å²) >= 11 is 6.08. The maximum atomic E-state index is 13.0. The van der Waals surface area contributed by atoms with Crippen molar-refractivity contribution in [3.63, 3.8) is 0 Å². The summed E-state index contributed by atoms with van der Waals surface area (Å²) in [5.74, 6) is 0.413. The molecule has 0 saturated carbocycles. The minimum atomic E-state index is -0.220. The summed E-state index contributed by atoms with van der Waals surface area (Å²) in [6.45, 7) is 16.8. The molecule has 0 unspecified atom stereocenters. The Hall–Kier alpha value is -2.73. The Balaban J connectivity index is 1.84. The fourth-order valence-electron chi connectivity index (χ4n) is 3.41. The van der Waals surface area contributed by atoms with E-state index in [0.29, 0.717) is 17.6 Å². The lowest BCUT2D eigenvalue weighted by Gasteiger charge is -2.27. The topological polar surface area (TPSA) is 56.0 Å². The van der Waals surface area contributed by atoms with Crippen LogP contribution in [0.4, 0.5) is 10.2 Å². The van der Waals surface area contributed by atoms with E-state index in [1.807, 2.05) is 0 Å².